The molecule has 0 aliphatic carbocycles. The van der Waals surface area contributed by atoms with Gasteiger partial charge in [-0.05, 0) is 49.7 Å². The van der Waals surface area contributed by atoms with Gasteiger partial charge in [-0.25, -0.2) is 4.68 Å². The van der Waals surface area contributed by atoms with Crippen molar-refractivity contribution in [2.75, 3.05) is 10.6 Å². The Labute approximate surface area is 171 Å². The van der Waals surface area contributed by atoms with Gasteiger partial charge < -0.3 is 10.6 Å². The first-order valence-electron chi connectivity index (χ1n) is 8.36. The molecule has 3 aromatic rings. The first-order valence-corrected chi connectivity index (χ1v) is 9.12. The number of aromatic nitrogens is 3. The van der Waals surface area contributed by atoms with Crippen LogP contribution in [-0.2, 0) is 11.3 Å². The Hall–Kier alpha value is -2.90. The van der Waals surface area contributed by atoms with Crippen LogP contribution < -0.4 is 10.6 Å². The highest BCUT2D eigenvalue weighted by Crippen LogP contribution is 2.26. The molecule has 0 spiro atoms. The molecule has 2 amide bonds. The summed E-state index contributed by atoms with van der Waals surface area (Å²) in [7, 11) is 0. The number of hydrogen-bond acceptors (Lipinski definition) is 4. The van der Waals surface area contributed by atoms with Crippen molar-refractivity contribution in [2.45, 2.75) is 20.4 Å². The number of carbonyl (C=O) groups excluding carboxylic acids is 2. The van der Waals surface area contributed by atoms with Gasteiger partial charge in [0.2, 0.25) is 5.91 Å². The summed E-state index contributed by atoms with van der Waals surface area (Å²) in [5.41, 5.74) is 2.64. The van der Waals surface area contributed by atoms with E-state index in [0.29, 0.717) is 27.1 Å². The third-order valence-corrected chi connectivity index (χ3v) is 4.53. The van der Waals surface area contributed by atoms with Crippen molar-refractivity contribution in [3.63, 3.8) is 0 Å². The number of hydrogen-bond donors (Lipinski definition) is 2. The fourth-order valence-electron chi connectivity index (χ4n) is 2.55. The topological polar surface area (TPSA) is 88.9 Å². The molecule has 2 aromatic carbocycles. The molecule has 1 heterocycles. The summed E-state index contributed by atoms with van der Waals surface area (Å²) >= 11 is 12.0. The normalized spacial score (nSPS) is 10.6. The number of nitrogens with zero attached hydrogens (tertiary/aromatic N) is 3. The van der Waals surface area contributed by atoms with E-state index in [-0.39, 0.29) is 18.1 Å². The average Bonchev–Trinajstić information content (AvgIpc) is 2.98. The number of rotatable bonds is 5. The van der Waals surface area contributed by atoms with Crippen molar-refractivity contribution in [2.24, 2.45) is 0 Å². The monoisotopic (exact) mass is 417 g/mol. The maximum atomic E-state index is 12.5. The van der Waals surface area contributed by atoms with Gasteiger partial charge in [0.1, 0.15) is 6.54 Å². The summed E-state index contributed by atoms with van der Waals surface area (Å²) in [4.78, 5) is 24.8. The molecule has 2 N–H and O–H groups in total. The van der Waals surface area contributed by atoms with Gasteiger partial charge in [-0.3, -0.25) is 9.59 Å². The van der Waals surface area contributed by atoms with E-state index in [1.165, 1.54) is 10.7 Å². The first-order chi connectivity index (χ1) is 13.3. The molecule has 0 atom stereocenters. The SMILES string of the molecule is Cc1cccc(NC(=O)Cn2nnc(C(=O)Nc3cc(Cl)ccc3Cl)c2C)c1. The van der Waals surface area contributed by atoms with Gasteiger partial charge in [-0.1, -0.05) is 40.5 Å². The Morgan fingerprint density at radius 1 is 1.07 bits per heavy atom. The minimum Gasteiger partial charge on any atom is -0.324 e. The van der Waals surface area contributed by atoms with E-state index in [0.717, 1.165) is 5.56 Å². The number of aryl methyl sites for hydroxylation is 1. The fraction of sp³-hybridized carbons (Fsp3) is 0.158. The molecule has 144 valence electrons. The number of nitrogens with one attached hydrogen (secondary N) is 2. The lowest BCUT2D eigenvalue weighted by atomic mass is 10.2. The molecule has 28 heavy (non-hydrogen) atoms. The number of anilines is 2. The van der Waals surface area contributed by atoms with Gasteiger partial charge in [-0.2, -0.15) is 0 Å². The zero-order valence-corrected chi connectivity index (χ0v) is 16.7. The largest absolute Gasteiger partial charge is 0.324 e. The van der Waals surface area contributed by atoms with Gasteiger partial charge in [-0.15, -0.1) is 5.10 Å². The van der Waals surface area contributed by atoms with Crippen molar-refractivity contribution < 1.29 is 9.59 Å². The lowest BCUT2D eigenvalue weighted by Gasteiger charge is -2.08. The summed E-state index contributed by atoms with van der Waals surface area (Å²) in [5.74, 6) is -0.768. The molecule has 0 saturated heterocycles. The van der Waals surface area contributed by atoms with Crippen LogP contribution in [0.3, 0.4) is 0 Å². The second kappa shape index (κ2) is 8.41. The molecule has 0 saturated carbocycles. The summed E-state index contributed by atoms with van der Waals surface area (Å²) in [6, 6.07) is 12.2. The van der Waals surface area contributed by atoms with E-state index in [1.54, 1.807) is 25.1 Å². The van der Waals surface area contributed by atoms with Crippen LogP contribution in [0.4, 0.5) is 11.4 Å². The quantitative estimate of drug-likeness (QED) is 0.653. The maximum absolute atomic E-state index is 12.5. The Bertz CT molecular complexity index is 1050. The van der Waals surface area contributed by atoms with E-state index in [4.69, 9.17) is 23.2 Å². The van der Waals surface area contributed by atoms with Crippen LogP contribution in [0.5, 0.6) is 0 Å². The highest BCUT2D eigenvalue weighted by molar-refractivity contribution is 6.35. The smallest absolute Gasteiger partial charge is 0.278 e. The molecule has 7 nitrogen and oxygen atoms in total. The first kappa shape index (κ1) is 19.9. The molecule has 0 radical (unpaired) electrons. The second-order valence-corrected chi connectivity index (χ2v) is 7.02. The minimum atomic E-state index is -0.494. The lowest BCUT2D eigenvalue weighted by molar-refractivity contribution is -0.117. The van der Waals surface area contributed by atoms with Crippen molar-refractivity contribution in [3.8, 4) is 0 Å². The summed E-state index contributed by atoms with van der Waals surface area (Å²) in [6.07, 6.45) is 0. The number of amides is 2. The molecule has 0 unspecified atom stereocenters. The predicted octanol–water partition coefficient (Wildman–Crippen LogP) is 4.09. The van der Waals surface area contributed by atoms with Gasteiger partial charge in [0.05, 0.1) is 16.4 Å². The minimum absolute atomic E-state index is 0.0715. The maximum Gasteiger partial charge on any atom is 0.278 e. The zero-order chi connectivity index (χ0) is 20.3. The van der Waals surface area contributed by atoms with E-state index < -0.39 is 5.91 Å². The molecule has 1 aromatic heterocycles. The van der Waals surface area contributed by atoms with Crippen molar-refractivity contribution >= 4 is 46.4 Å². The summed E-state index contributed by atoms with van der Waals surface area (Å²) in [5, 5.41) is 14.0. The molecule has 9 heteroatoms. The molecule has 0 fully saturated rings. The Morgan fingerprint density at radius 2 is 1.86 bits per heavy atom. The third-order valence-electron chi connectivity index (χ3n) is 3.97. The number of halogens is 2. The fourth-order valence-corrected chi connectivity index (χ4v) is 2.89. The Morgan fingerprint density at radius 3 is 2.61 bits per heavy atom. The van der Waals surface area contributed by atoms with Crippen LogP contribution in [0, 0.1) is 13.8 Å². The van der Waals surface area contributed by atoms with Crippen LogP contribution in [0.15, 0.2) is 42.5 Å². The highest BCUT2D eigenvalue weighted by Gasteiger charge is 2.19. The van der Waals surface area contributed by atoms with Gasteiger partial charge >= 0.3 is 0 Å². The predicted molar refractivity (Wildman–Crippen MR) is 109 cm³/mol. The zero-order valence-electron chi connectivity index (χ0n) is 15.2. The van der Waals surface area contributed by atoms with E-state index >= 15 is 0 Å². The van der Waals surface area contributed by atoms with Gasteiger partial charge in [0.25, 0.3) is 5.91 Å². The molecule has 3 rings (SSSR count). The third kappa shape index (κ3) is 4.68. The summed E-state index contributed by atoms with van der Waals surface area (Å²) < 4.78 is 1.36. The van der Waals surface area contributed by atoms with Crippen molar-refractivity contribution in [1.82, 2.24) is 15.0 Å². The van der Waals surface area contributed by atoms with E-state index in [1.807, 2.05) is 25.1 Å². The Kier molecular flexibility index (Phi) is 5.96. The second-order valence-electron chi connectivity index (χ2n) is 6.18. The molecule has 0 bridgehead atoms. The van der Waals surface area contributed by atoms with Crippen molar-refractivity contribution in [3.05, 3.63) is 69.5 Å². The molecule has 0 aliphatic rings. The molecular weight excluding hydrogens is 401 g/mol. The van der Waals surface area contributed by atoms with Crippen LogP contribution in [0.2, 0.25) is 10.0 Å². The van der Waals surface area contributed by atoms with Gasteiger partial charge in [0.15, 0.2) is 5.69 Å². The lowest BCUT2D eigenvalue weighted by Crippen LogP contribution is -2.21. The average molecular weight is 418 g/mol. The van der Waals surface area contributed by atoms with E-state index in [9.17, 15) is 9.59 Å². The van der Waals surface area contributed by atoms with Crippen molar-refractivity contribution in [1.29, 1.82) is 0 Å². The Balaban J connectivity index is 1.70. The van der Waals surface area contributed by atoms with Gasteiger partial charge in [0, 0.05) is 10.7 Å². The summed E-state index contributed by atoms with van der Waals surface area (Å²) in [6.45, 7) is 3.53. The van der Waals surface area contributed by atoms with Crippen LogP contribution >= 0.6 is 23.2 Å². The van der Waals surface area contributed by atoms with E-state index in [2.05, 4.69) is 20.9 Å². The molecular formula is C19H17Cl2N5O2. The number of benzene rings is 2. The molecule has 0 aliphatic heterocycles. The van der Waals surface area contributed by atoms with Crippen LogP contribution in [0.1, 0.15) is 21.7 Å². The number of carbonyl (C=O) groups is 2. The standard InChI is InChI=1S/C19H17Cl2N5O2/c1-11-4-3-5-14(8-11)22-17(27)10-26-12(2)18(24-25-26)19(28)23-16-9-13(20)6-7-15(16)21/h3-9H,10H2,1-2H3,(H,22,27)(H,23,28). The highest BCUT2D eigenvalue weighted by atomic mass is 35.5. The van der Waals surface area contributed by atoms with Crippen LogP contribution in [0.25, 0.3) is 0 Å². The van der Waals surface area contributed by atoms with Crippen LogP contribution in [-0.4, -0.2) is 26.8 Å².